The zero-order chi connectivity index (χ0) is 17.5. The fourth-order valence-corrected chi connectivity index (χ4v) is 2.33. The number of anilines is 2. The van der Waals surface area contributed by atoms with Crippen LogP contribution in [0.2, 0.25) is 0 Å². The SMILES string of the molecule is CCOC(=O)C(=NC)c1c(CC)cc(=O)oc1Nc1ccccc1. The molecule has 0 spiro atoms. The van der Waals surface area contributed by atoms with Crippen LogP contribution < -0.4 is 10.9 Å². The van der Waals surface area contributed by atoms with Gasteiger partial charge in [-0.3, -0.25) is 4.99 Å². The Labute approximate surface area is 140 Å². The number of hydrogen-bond donors (Lipinski definition) is 1. The van der Waals surface area contributed by atoms with E-state index in [1.807, 2.05) is 37.3 Å². The van der Waals surface area contributed by atoms with Gasteiger partial charge in [0.25, 0.3) is 0 Å². The first-order valence-electron chi connectivity index (χ1n) is 7.74. The van der Waals surface area contributed by atoms with E-state index in [1.165, 1.54) is 13.1 Å². The minimum atomic E-state index is -0.556. The number of esters is 1. The lowest BCUT2D eigenvalue weighted by molar-refractivity contribution is -0.134. The minimum Gasteiger partial charge on any atom is -0.461 e. The molecule has 1 heterocycles. The predicted molar refractivity (Wildman–Crippen MR) is 93.2 cm³/mol. The lowest BCUT2D eigenvalue weighted by Crippen LogP contribution is -2.23. The average Bonchev–Trinajstić information content (AvgIpc) is 2.58. The first-order valence-corrected chi connectivity index (χ1v) is 7.74. The Kier molecular flexibility index (Phi) is 5.89. The van der Waals surface area contributed by atoms with Crippen molar-refractivity contribution >= 4 is 23.3 Å². The summed E-state index contributed by atoms with van der Waals surface area (Å²) in [4.78, 5) is 28.1. The highest BCUT2D eigenvalue weighted by molar-refractivity contribution is 6.44. The summed E-state index contributed by atoms with van der Waals surface area (Å²) in [7, 11) is 1.50. The first-order chi connectivity index (χ1) is 11.6. The van der Waals surface area contributed by atoms with E-state index in [4.69, 9.17) is 9.15 Å². The molecule has 6 heteroatoms. The topological polar surface area (TPSA) is 80.9 Å². The van der Waals surface area contributed by atoms with Crippen LogP contribution in [0.15, 0.2) is 50.6 Å². The van der Waals surface area contributed by atoms with Crippen molar-refractivity contribution in [2.75, 3.05) is 19.0 Å². The molecule has 1 aromatic heterocycles. The van der Waals surface area contributed by atoms with Crippen molar-refractivity contribution in [3.63, 3.8) is 0 Å². The number of aryl methyl sites for hydroxylation is 1. The maximum Gasteiger partial charge on any atom is 0.357 e. The molecule has 1 N–H and O–H groups in total. The predicted octanol–water partition coefficient (Wildman–Crippen LogP) is 2.93. The molecule has 0 fully saturated rings. The van der Waals surface area contributed by atoms with Gasteiger partial charge in [0, 0.05) is 18.8 Å². The Bertz CT molecular complexity index is 794. The van der Waals surface area contributed by atoms with Crippen molar-refractivity contribution < 1.29 is 13.9 Å². The van der Waals surface area contributed by atoms with Crippen molar-refractivity contribution in [2.24, 2.45) is 4.99 Å². The summed E-state index contributed by atoms with van der Waals surface area (Å²) in [5, 5.41) is 3.04. The summed E-state index contributed by atoms with van der Waals surface area (Å²) in [6.07, 6.45) is 0.544. The van der Waals surface area contributed by atoms with Crippen LogP contribution in [0.25, 0.3) is 0 Å². The molecule has 0 saturated heterocycles. The van der Waals surface area contributed by atoms with Crippen molar-refractivity contribution in [3.8, 4) is 0 Å². The maximum atomic E-state index is 12.2. The molecule has 0 saturated carbocycles. The lowest BCUT2D eigenvalue weighted by Gasteiger charge is -2.14. The van der Waals surface area contributed by atoms with Gasteiger partial charge in [0.05, 0.1) is 12.2 Å². The fourth-order valence-electron chi connectivity index (χ4n) is 2.33. The number of benzene rings is 1. The molecule has 2 aromatic rings. The van der Waals surface area contributed by atoms with E-state index in [0.717, 1.165) is 5.69 Å². The molecule has 0 radical (unpaired) electrons. The second-order valence-corrected chi connectivity index (χ2v) is 4.93. The maximum absolute atomic E-state index is 12.2. The highest BCUT2D eigenvalue weighted by Gasteiger charge is 2.24. The van der Waals surface area contributed by atoms with Gasteiger partial charge in [0.15, 0.2) is 5.71 Å². The molecule has 1 aromatic carbocycles. The molecule has 6 nitrogen and oxygen atoms in total. The number of carbonyl (C=O) groups excluding carboxylic acids is 1. The fraction of sp³-hybridized carbons (Fsp3) is 0.278. The monoisotopic (exact) mass is 328 g/mol. The molecule has 0 amide bonds. The number of hydrogen-bond acceptors (Lipinski definition) is 6. The van der Waals surface area contributed by atoms with E-state index >= 15 is 0 Å². The number of nitrogens with one attached hydrogen (secondary N) is 1. The molecule has 0 aliphatic rings. The van der Waals surface area contributed by atoms with Crippen LogP contribution in [-0.4, -0.2) is 25.3 Å². The van der Waals surface area contributed by atoms with Crippen molar-refractivity contribution in [3.05, 3.63) is 57.9 Å². The van der Waals surface area contributed by atoms with E-state index in [-0.39, 0.29) is 18.2 Å². The van der Waals surface area contributed by atoms with Crippen LogP contribution in [0.3, 0.4) is 0 Å². The Morgan fingerprint density at radius 3 is 2.54 bits per heavy atom. The standard InChI is InChI=1S/C18H20N2O4/c1-4-12-11-14(21)24-17(20-13-9-7-6-8-10-13)15(12)16(19-3)18(22)23-5-2/h6-11,20H,4-5H2,1-3H3. The Hall–Kier alpha value is -2.89. The number of carbonyl (C=O) groups is 1. The molecule has 0 atom stereocenters. The highest BCUT2D eigenvalue weighted by atomic mass is 16.5. The van der Waals surface area contributed by atoms with Crippen LogP contribution in [-0.2, 0) is 16.0 Å². The van der Waals surface area contributed by atoms with E-state index in [1.54, 1.807) is 6.92 Å². The molecule has 0 aliphatic heterocycles. The van der Waals surface area contributed by atoms with Gasteiger partial charge in [-0.2, -0.15) is 0 Å². The normalized spacial score (nSPS) is 11.2. The van der Waals surface area contributed by atoms with Crippen LogP contribution in [0.4, 0.5) is 11.6 Å². The Morgan fingerprint density at radius 1 is 1.25 bits per heavy atom. The molecule has 0 aliphatic carbocycles. The third kappa shape index (κ3) is 3.90. The second-order valence-electron chi connectivity index (χ2n) is 4.93. The Balaban J connectivity index is 2.59. The van der Waals surface area contributed by atoms with Crippen molar-refractivity contribution in [1.82, 2.24) is 0 Å². The van der Waals surface area contributed by atoms with Crippen LogP contribution in [0.1, 0.15) is 25.0 Å². The number of ether oxygens (including phenoxy) is 1. The van der Waals surface area contributed by atoms with Crippen LogP contribution in [0, 0.1) is 0 Å². The van der Waals surface area contributed by atoms with Gasteiger partial charge >= 0.3 is 11.6 Å². The van der Waals surface area contributed by atoms with Gasteiger partial charge in [-0.1, -0.05) is 25.1 Å². The van der Waals surface area contributed by atoms with E-state index in [9.17, 15) is 9.59 Å². The molecular weight excluding hydrogens is 308 g/mol. The van der Waals surface area contributed by atoms with Crippen molar-refractivity contribution in [1.29, 1.82) is 0 Å². The zero-order valence-corrected chi connectivity index (χ0v) is 14.0. The molecule has 126 valence electrons. The summed E-state index contributed by atoms with van der Waals surface area (Å²) >= 11 is 0. The van der Waals surface area contributed by atoms with Gasteiger partial charge in [-0.25, -0.2) is 9.59 Å². The zero-order valence-electron chi connectivity index (χ0n) is 14.0. The van der Waals surface area contributed by atoms with E-state index < -0.39 is 11.6 Å². The summed E-state index contributed by atoms with van der Waals surface area (Å²) in [5.74, 6) is -0.376. The number of aliphatic imine (C=N–C) groups is 1. The minimum absolute atomic E-state index is 0.121. The molecule has 0 bridgehead atoms. The molecule has 2 rings (SSSR count). The second kappa shape index (κ2) is 8.10. The number of para-hydroxylation sites is 1. The first kappa shape index (κ1) is 17.5. The quantitative estimate of drug-likeness (QED) is 0.651. The summed E-state index contributed by atoms with van der Waals surface area (Å²) in [6.45, 7) is 3.85. The van der Waals surface area contributed by atoms with E-state index in [2.05, 4.69) is 10.3 Å². The smallest absolute Gasteiger partial charge is 0.357 e. The van der Waals surface area contributed by atoms with Gasteiger partial charge in [-0.05, 0) is 31.0 Å². The highest BCUT2D eigenvalue weighted by Crippen LogP contribution is 2.24. The van der Waals surface area contributed by atoms with Gasteiger partial charge in [-0.15, -0.1) is 0 Å². The Morgan fingerprint density at radius 2 is 1.96 bits per heavy atom. The third-order valence-corrected chi connectivity index (χ3v) is 3.38. The van der Waals surface area contributed by atoms with Gasteiger partial charge in [0.2, 0.25) is 5.88 Å². The largest absolute Gasteiger partial charge is 0.461 e. The van der Waals surface area contributed by atoms with Gasteiger partial charge < -0.3 is 14.5 Å². The van der Waals surface area contributed by atoms with Crippen LogP contribution in [0.5, 0.6) is 0 Å². The van der Waals surface area contributed by atoms with E-state index in [0.29, 0.717) is 17.5 Å². The molecule has 24 heavy (non-hydrogen) atoms. The lowest BCUT2D eigenvalue weighted by atomic mass is 10.0. The van der Waals surface area contributed by atoms with Gasteiger partial charge in [0.1, 0.15) is 0 Å². The summed E-state index contributed by atoms with van der Waals surface area (Å²) in [5.41, 5.74) is 1.47. The number of nitrogens with zero attached hydrogens (tertiary/aromatic N) is 1. The van der Waals surface area contributed by atoms with Crippen molar-refractivity contribution in [2.45, 2.75) is 20.3 Å². The van der Waals surface area contributed by atoms with Crippen LogP contribution >= 0.6 is 0 Å². The summed E-state index contributed by atoms with van der Waals surface area (Å²) < 4.78 is 10.4. The molecular formula is C18H20N2O4. The third-order valence-electron chi connectivity index (χ3n) is 3.38. The average molecular weight is 328 g/mol. The molecule has 0 unspecified atom stereocenters. The number of rotatable bonds is 6. The summed E-state index contributed by atoms with van der Waals surface area (Å²) in [6, 6.07) is 10.6.